The summed E-state index contributed by atoms with van der Waals surface area (Å²) in [5.74, 6) is -1.55. The lowest BCUT2D eigenvalue weighted by Crippen LogP contribution is -2.26. The molecule has 2 aromatic heterocycles. The van der Waals surface area contributed by atoms with E-state index in [0.29, 0.717) is 27.4 Å². The zero-order chi connectivity index (χ0) is 30.1. The van der Waals surface area contributed by atoms with E-state index < -0.39 is 11.9 Å². The number of aliphatic hydroxyl groups excluding tert-OH is 1. The molecule has 9 nitrogen and oxygen atoms in total. The molecule has 1 aliphatic rings. The number of hydrogen-bond donors (Lipinski definition) is 1. The molecule has 0 bridgehead atoms. The highest BCUT2D eigenvalue weighted by atomic mass is 16.5. The number of benzene rings is 2. The summed E-state index contributed by atoms with van der Waals surface area (Å²) in [6.45, 7) is 6.43. The van der Waals surface area contributed by atoms with Crippen LogP contribution in [0.2, 0.25) is 0 Å². The Balaban J connectivity index is 1.69. The molecular weight excluding hydrogens is 534 g/mol. The molecule has 0 amide bonds. The smallest absolute Gasteiger partial charge is 0.357 e. The van der Waals surface area contributed by atoms with Gasteiger partial charge in [0.25, 0.3) is 0 Å². The van der Waals surface area contributed by atoms with Crippen molar-refractivity contribution in [3.8, 4) is 0 Å². The van der Waals surface area contributed by atoms with E-state index in [9.17, 15) is 19.5 Å². The lowest BCUT2D eigenvalue weighted by atomic mass is 10.0. The zero-order valence-corrected chi connectivity index (χ0v) is 24.1. The first kappa shape index (κ1) is 28.4. The minimum Gasteiger partial charge on any atom is -0.512 e. The quantitative estimate of drug-likeness (QED) is 0.341. The first-order chi connectivity index (χ1) is 20.1. The van der Waals surface area contributed by atoms with Crippen LogP contribution in [0, 0.1) is 6.92 Å². The van der Waals surface area contributed by atoms with Crippen molar-refractivity contribution >= 4 is 40.4 Å². The lowest BCUT2D eigenvalue weighted by Gasteiger charge is -2.08. The molecule has 0 saturated heterocycles. The molecule has 1 N–H and O–H groups in total. The minimum absolute atomic E-state index is 0.0164. The summed E-state index contributed by atoms with van der Waals surface area (Å²) in [6, 6.07) is 18.6. The third-order valence-corrected chi connectivity index (χ3v) is 7.24. The maximum atomic E-state index is 13.6. The molecule has 0 atom stereocenters. The number of esters is 2. The Labute approximate surface area is 242 Å². The predicted molar refractivity (Wildman–Crippen MR) is 158 cm³/mol. The third-order valence-electron chi connectivity index (χ3n) is 7.24. The average molecular weight is 566 g/mol. The van der Waals surface area contributed by atoms with E-state index in [1.807, 2.05) is 60.7 Å². The Morgan fingerprint density at radius 2 is 1.40 bits per heavy atom. The second-order valence-corrected chi connectivity index (χ2v) is 10.2. The van der Waals surface area contributed by atoms with Crippen LogP contribution in [-0.4, -0.2) is 37.5 Å². The highest BCUT2D eigenvalue weighted by Gasteiger charge is 2.32. The first-order valence-corrected chi connectivity index (χ1v) is 13.4. The number of fused-ring (bicyclic) bond motifs is 1. The number of aromatic nitrogens is 2. The normalized spacial score (nSPS) is 15.1. The van der Waals surface area contributed by atoms with Gasteiger partial charge in [-0.25, -0.2) is 14.6 Å². The van der Waals surface area contributed by atoms with Gasteiger partial charge in [-0.15, -0.1) is 0 Å². The predicted octanol–water partition coefficient (Wildman–Crippen LogP) is 3.84. The number of hydrogen-bond acceptors (Lipinski definition) is 7. The van der Waals surface area contributed by atoms with Crippen LogP contribution in [0.15, 0.2) is 83.0 Å². The van der Waals surface area contributed by atoms with Crippen molar-refractivity contribution in [1.82, 2.24) is 8.97 Å². The van der Waals surface area contributed by atoms with Crippen molar-refractivity contribution < 1.29 is 29.0 Å². The number of aliphatic hydroxyl groups is 1. The number of ether oxygens (including phenoxy) is 2. The SMILES string of the molecule is CC(=O)C1=C(C)C(C(=O)OCc2ccccc2)=N/C1=c1/n(C)cc2/c(=C(/C)O)c(C)c(C(=O)OCc3ccccc3)n12. The van der Waals surface area contributed by atoms with Gasteiger partial charge >= 0.3 is 11.9 Å². The van der Waals surface area contributed by atoms with Crippen molar-refractivity contribution in [2.24, 2.45) is 12.0 Å². The molecule has 42 heavy (non-hydrogen) atoms. The van der Waals surface area contributed by atoms with E-state index in [4.69, 9.17) is 9.47 Å². The number of aryl methyl sites for hydroxylation is 1. The third kappa shape index (κ3) is 5.05. The maximum absolute atomic E-state index is 13.6. The molecule has 0 spiro atoms. The largest absolute Gasteiger partial charge is 0.512 e. The summed E-state index contributed by atoms with van der Waals surface area (Å²) in [4.78, 5) is 44.3. The molecule has 0 radical (unpaired) electrons. The van der Waals surface area contributed by atoms with Crippen LogP contribution in [0.3, 0.4) is 0 Å². The summed E-state index contributed by atoms with van der Waals surface area (Å²) in [5, 5.41) is 11.1. The first-order valence-electron chi connectivity index (χ1n) is 13.4. The van der Waals surface area contributed by atoms with Crippen molar-refractivity contribution in [1.29, 1.82) is 0 Å². The van der Waals surface area contributed by atoms with Crippen LogP contribution in [-0.2, 0) is 39.3 Å². The fourth-order valence-electron chi connectivity index (χ4n) is 5.35. The summed E-state index contributed by atoms with van der Waals surface area (Å²) < 4.78 is 14.6. The van der Waals surface area contributed by atoms with Gasteiger partial charge in [-0.05, 0) is 50.0 Å². The molecule has 0 fully saturated rings. The van der Waals surface area contributed by atoms with Crippen LogP contribution < -0.4 is 10.7 Å². The lowest BCUT2D eigenvalue weighted by molar-refractivity contribution is -0.136. The van der Waals surface area contributed by atoms with Gasteiger partial charge in [-0.1, -0.05) is 60.7 Å². The Hall–Kier alpha value is -5.18. The fourth-order valence-corrected chi connectivity index (χ4v) is 5.35. The van der Waals surface area contributed by atoms with Gasteiger partial charge in [0.05, 0.1) is 16.8 Å². The van der Waals surface area contributed by atoms with Gasteiger partial charge in [0.15, 0.2) is 11.5 Å². The molecule has 0 saturated carbocycles. The molecule has 214 valence electrons. The Bertz CT molecular complexity index is 1920. The van der Waals surface area contributed by atoms with E-state index in [0.717, 1.165) is 11.1 Å². The minimum atomic E-state index is -0.665. The molecule has 0 unspecified atom stereocenters. The molecule has 2 aromatic carbocycles. The monoisotopic (exact) mass is 565 g/mol. The standard InChI is InChI=1S/C33H31N3O6/c1-19-27(22(4)38)29(34-28(19)32(39)41-17-23-12-8-6-9-13-23)31-35(5)16-25-26(21(3)37)20(2)30(36(25)31)33(40)42-18-24-14-10-7-11-15-24/h6-16,37H,17-18H2,1-5H3/b26-21-,31-29-. The van der Waals surface area contributed by atoms with Gasteiger partial charge in [0.2, 0.25) is 0 Å². The molecule has 5 rings (SSSR count). The van der Waals surface area contributed by atoms with E-state index in [-0.39, 0.29) is 47.4 Å². The number of carbonyl (C=O) groups is 3. The number of nitrogens with zero attached hydrogens (tertiary/aromatic N) is 3. The highest BCUT2D eigenvalue weighted by Crippen LogP contribution is 2.28. The molecule has 9 heteroatoms. The van der Waals surface area contributed by atoms with Gasteiger partial charge < -0.3 is 19.1 Å². The molecular formula is C33H31N3O6. The number of aliphatic imine (C=N–C) groups is 1. The summed E-state index contributed by atoms with van der Waals surface area (Å²) >= 11 is 0. The van der Waals surface area contributed by atoms with Crippen molar-refractivity contribution in [2.45, 2.75) is 40.9 Å². The number of rotatable bonds is 7. The van der Waals surface area contributed by atoms with Crippen molar-refractivity contribution in [3.05, 3.63) is 111 Å². The Kier molecular flexibility index (Phi) is 7.67. The van der Waals surface area contributed by atoms with Crippen LogP contribution in [0.4, 0.5) is 0 Å². The highest BCUT2D eigenvalue weighted by molar-refractivity contribution is 6.47. The van der Waals surface area contributed by atoms with E-state index in [1.165, 1.54) is 6.92 Å². The Morgan fingerprint density at radius 3 is 1.93 bits per heavy atom. The molecule has 4 aromatic rings. The maximum Gasteiger partial charge on any atom is 0.357 e. The zero-order valence-electron chi connectivity index (χ0n) is 24.1. The van der Waals surface area contributed by atoms with Crippen molar-refractivity contribution in [2.75, 3.05) is 0 Å². The van der Waals surface area contributed by atoms with Gasteiger partial charge in [0, 0.05) is 18.5 Å². The molecule has 0 aliphatic carbocycles. The summed E-state index contributed by atoms with van der Waals surface area (Å²) in [7, 11) is 1.74. The molecule has 3 heterocycles. The van der Waals surface area contributed by atoms with Crippen molar-refractivity contribution in [3.63, 3.8) is 0 Å². The van der Waals surface area contributed by atoms with E-state index in [1.54, 1.807) is 43.0 Å². The number of ketones is 1. The topological polar surface area (TPSA) is 112 Å². The fraction of sp³-hybridized carbons (Fsp3) is 0.212. The van der Waals surface area contributed by atoms with Gasteiger partial charge in [0.1, 0.15) is 30.1 Å². The van der Waals surface area contributed by atoms with Crippen LogP contribution >= 0.6 is 0 Å². The number of imidazole rings is 1. The second kappa shape index (κ2) is 11.4. The molecule has 1 aliphatic heterocycles. The van der Waals surface area contributed by atoms with Gasteiger partial charge in [-0.2, -0.15) is 0 Å². The second-order valence-electron chi connectivity index (χ2n) is 10.2. The average Bonchev–Trinajstić information content (AvgIpc) is 3.57. The van der Waals surface area contributed by atoms with Crippen LogP contribution in [0.25, 0.3) is 17.0 Å². The van der Waals surface area contributed by atoms with Gasteiger partial charge in [-0.3, -0.25) is 9.20 Å². The summed E-state index contributed by atoms with van der Waals surface area (Å²) in [6.07, 6.45) is 1.74. The Morgan fingerprint density at radius 1 is 0.857 bits per heavy atom. The van der Waals surface area contributed by atoms with Crippen LogP contribution in [0.5, 0.6) is 0 Å². The van der Waals surface area contributed by atoms with E-state index in [2.05, 4.69) is 4.99 Å². The number of Topliss-reactive ketones (excluding diaryl/α,β-unsaturated/α-hetero) is 1. The summed E-state index contributed by atoms with van der Waals surface area (Å²) in [5.41, 5.74) is 4.10. The van der Waals surface area contributed by atoms with Crippen LogP contribution in [0.1, 0.15) is 48.0 Å². The number of carbonyl (C=O) groups excluding carboxylic acids is 3. The van der Waals surface area contributed by atoms with E-state index >= 15 is 0 Å².